The third kappa shape index (κ3) is 6.55. The molecule has 0 aliphatic heterocycles. The van der Waals surface area contributed by atoms with Crippen LogP contribution in [-0.2, 0) is 16.6 Å². The summed E-state index contributed by atoms with van der Waals surface area (Å²) >= 11 is 0. The molecule has 0 aliphatic rings. The average Bonchev–Trinajstić information content (AvgIpc) is 2.65. The Balaban J connectivity index is 1.72. The Hall–Kier alpha value is -2.28. The van der Waals surface area contributed by atoms with E-state index in [1.807, 2.05) is 31.2 Å². The largest absolute Gasteiger partial charge is 0.497 e. The molecule has 26 heavy (non-hydrogen) atoms. The highest BCUT2D eigenvalue weighted by molar-refractivity contribution is 7.84. The van der Waals surface area contributed by atoms with Gasteiger partial charge in [-0.25, -0.2) is 0 Å². The van der Waals surface area contributed by atoms with Gasteiger partial charge < -0.3 is 19.2 Å². The number of pyridine rings is 1. The van der Waals surface area contributed by atoms with E-state index >= 15 is 0 Å². The highest BCUT2D eigenvalue weighted by Crippen LogP contribution is 2.17. The summed E-state index contributed by atoms with van der Waals surface area (Å²) in [5, 5.41) is 0. The van der Waals surface area contributed by atoms with Gasteiger partial charge in [-0.05, 0) is 37.1 Å². The summed E-state index contributed by atoms with van der Waals surface area (Å²) < 4.78 is 28.2. The topological polar surface area (TPSA) is 77.6 Å². The Morgan fingerprint density at radius 3 is 2.46 bits per heavy atom. The Labute approximate surface area is 156 Å². The van der Waals surface area contributed by atoms with Crippen molar-refractivity contribution >= 4 is 10.8 Å². The van der Waals surface area contributed by atoms with Gasteiger partial charge in [-0.2, -0.15) is 0 Å². The van der Waals surface area contributed by atoms with Crippen LogP contribution in [0.4, 0.5) is 0 Å². The maximum absolute atomic E-state index is 12.2. The predicted octanol–water partition coefficient (Wildman–Crippen LogP) is 2.89. The molecule has 0 amide bonds. The van der Waals surface area contributed by atoms with Crippen LogP contribution in [0.5, 0.6) is 17.2 Å². The number of aromatic nitrogens is 1. The zero-order valence-corrected chi connectivity index (χ0v) is 16.0. The molecule has 0 radical (unpaired) electrons. The van der Waals surface area contributed by atoms with E-state index in [1.165, 1.54) is 12.3 Å². The van der Waals surface area contributed by atoms with Crippen LogP contribution in [-0.4, -0.2) is 35.3 Å². The number of H-pyrrole nitrogens is 1. The van der Waals surface area contributed by atoms with Crippen molar-refractivity contribution in [3.8, 4) is 17.2 Å². The molecule has 2 rings (SSSR count). The van der Waals surface area contributed by atoms with Gasteiger partial charge in [0, 0.05) is 34.5 Å². The molecule has 0 saturated heterocycles. The van der Waals surface area contributed by atoms with E-state index in [0.29, 0.717) is 42.6 Å². The second-order valence-electron chi connectivity index (χ2n) is 5.70. The third-order valence-electron chi connectivity index (χ3n) is 3.56. The maximum atomic E-state index is 12.2. The Morgan fingerprint density at radius 2 is 1.81 bits per heavy atom. The first-order valence-electron chi connectivity index (χ1n) is 8.58. The standard InChI is InChI=1S/C19H25NO5S/c1-3-9-25-19-13-20-15(12-18(19)21)14-26(22)11-4-10-24-17-7-5-16(23-2)6-8-17/h5-8,12-13H,3-4,9-11,14H2,1-2H3,(H,20,21). The van der Waals surface area contributed by atoms with Crippen LogP contribution < -0.4 is 19.6 Å². The SMILES string of the molecule is CCCOc1c[nH]c(CS(=O)CCCOc2ccc(OC)cc2)cc1=O. The summed E-state index contributed by atoms with van der Waals surface area (Å²) in [6.45, 7) is 2.96. The monoisotopic (exact) mass is 379 g/mol. The van der Waals surface area contributed by atoms with E-state index in [1.54, 1.807) is 7.11 Å². The quantitative estimate of drug-likeness (QED) is 0.608. The van der Waals surface area contributed by atoms with Crippen LogP contribution in [0.1, 0.15) is 25.5 Å². The number of benzene rings is 1. The molecular weight excluding hydrogens is 354 g/mol. The molecule has 0 fully saturated rings. The van der Waals surface area contributed by atoms with Crippen molar-refractivity contribution in [3.63, 3.8) is 0 Å². The van der Waals surface area contributed by atoms with E-state index < -0.39 is 10.8 Å². The van der Waals surface area contributed by atoms with E-state index in [-0.39, 0.29) is 5.43 Å². The molecule has 6 nitrogen and oxygen atoms in total. The fourth-order valence-corrected chi connectivity index (χ4v) is 3.33. The number of methoxy groups -OCH3 is 1. The zero-order valence-electron chi connectivity index (χ0n) is 15.2. The van der Waals surface area contributed by atoms with Crippen molar-refractivity contribution in [1.29, 1.82) is 0 Å². The molecular formula is C19H25NO5S. The van der Waals surface area contributed by atoms with Gasteiger partial charge in [0.15, 0.2) is 5.75 Å². The summed E-state index contributed by atoms with van der Waals surface area (Å²) in [4.78, 5) is 14.9. The Bertz CT molecular complexity index is 757. The summed E-state index contributed by atoms with van der Waals surface area (Å²) in [5.41, 5.74) is 0.459. The lowest BCUT2D eigenvalue weighted by Gasteiger charge is -2.08. The average molecular weight is 379 g/mol. The molecule has 7 heteroatoms. The van der Waals surface area contributed by atoms with Gasteiger partial charge in [0.05, 0.1) is 26.1 Å². The van der Waals surface area contributed by atoms with Crippen molar-refractivity contribution in [2.24, 2.45) is 0 Å². The van der Waals surface area contributed by atoms with Crippen LogP contribution in [0.15, 0.2) is 41.3 Å². The van der Waals surface area contributed by atoms with Gasteiger partial charge in [0.2, 0.25) is 5.43 Å². The molecule has 2 aromatic rings. The van der Waals surface area contributed by atoms with Crippen molar-refractivity contribution in [3.05, 3.63) is 52.4 Å². The highest BCUT2D eigenvalue weighted by Gasteiger charge is 2.06. The van der Waals surface area contributed by atoms with E-state index in [9.17, 15) is 9.00 Å². The fourth-order valence-electron chi connectivity index (χ4n) is 2.24. The smallest absolute Gasteiger partial charge is 0.223 e. The van der Waals surface area contributed by atoms with Gasteiger partial charge in [-0.15, -0.1) is 0 Å². The first-order chi connectivity index (χ1) is 12.6. The molecule has 1 heterocycles. The van der Waals surface area contributed by atoms with E-state index in [0.717, 1.165) is 17.9 Å². The number of rotatable bonds is 11. The second kappa shape index (κ2) is 10.7. The lowest BCUT2D eigenvalue weighted by Crippen LogP contribution is -2.12. The molecule has 0 aliphatic carbocycles. The minimum Gasteiger partial charge on any atom is -0.497 e. The summed E-state index contributed by atoms with van der Waals surface area (Å²) in [6, 6.07) is 8.79. The van der Waals surface area contributed by atoms with Crippen LogP contribution in [0.25, 0.3) is 0 Å². The highest BCUT2D eigenvalue weighted by atomic mass is 32.2. The molecule has 1 N–H and O–H groups in total. The molecule has 1 aromatic carbocycles. The normalized spacial score (nSPS) is 11.8. The molecule has 0 saturated carbocycles. The fraction of sp³-hybridized carbons (Fsp3) is 0.421. The van der Waals surface area contributed by atoms with E-state index in [4.69, 9.17) is 14.2 Å². The molecule has 142 valence electrons. The van der Waals surface area contributed by atoms with E-state index in [2.05, 4.69) is 4.98 Å². The first kappa shape index (κ1) is 20.0. The molecule has 1 unspecified atom stereocenters. The Morgan fingerprint density at radius 1 is 1.08 bits per heavy atom. The zero-order chi connectivity index (χ0) is 18.8. The Kier molecular flexibility index (Phi) is 8.21. The molecule has 0 bridgehead atoms. The van der Waals surface area contributed by atoms with Crippen molar-refractivity contribution in [2.45, 2.75) is 25.5 Å². The lowest BCUT2D eigenvalue weighted by molar-refractivity contribution is 0.313. The second-order valence-corrected chi connectivity index (χ2v) is 7.28. The molecule has 1 aromatic heterocycles. The van der Waals surface area contributed by atoms with Gasteiger partial charge in [0.1, 0.15) is 11.5 Å². The van der Waals surface area contributed by atoms with Crippen LogP contribution >= 0.6 is 0 Å². The third-order valence-corrected chi connectivity index (χ3v) is 4.94. The lowest BCUT2D eigenvalue weighted by atomic mass is 10.3. The summed E-state index contributed by atoms with van der Waals surface area (Å²) in [5.74, 6) is 2.65. The van der Waals surface area contributed by atoms with Gasteiger partial charge in [0.25, 0.3) is 0 Å². The van der Waals surface area contributed by atoms with Crippen molar-refractivity contribution in [2.75, 3.05) is 26.1 Å². The van der Waals surface area contributed by atoms with Crippen molar-refractivity contribution in [1.82, 2.24) is 4.98 Å². The van der Waals surface area contributed by atoms with Gasteiger partial charge >= 0.3 is 0 Å². The number of aromatic amines is 1. The predicted molar refractivity (Wildman–Crippen MR) is 103 cm³/mol. The van der Waals surface area contributed by atoms with Crippen LogP contribution in [0, 0.1) is 0 Å². The van der Waals surface area contributed by atoms with Gasteiger partial charge in [-0.1, -0.05) is 6.92 Å². The van der Waals surface area contributed by atoms with Crippen LogP contribution in [0.3, 0.4) is 0 Å². The van der Waals surface area contributed by atoms with Gasteiger partial charge in [-0.3, -0.25) is 9.00 Å². The minimum absolute atomic E-state index is 0.188. The maximum Gasteiger partial charge on any atom is 0.223 e. The van der Waals surface area contributed by atoms with Crippen LogP contribution in [0.2, 0.25) is 0 Å². The summed E-state index contributed by atoms with van der Waals surface area (Å²) in [6.07, 6.45) is 3.04. The molecule has 1 atom stereocenters. The minimum atomic E-state index is -1.07. The number of hydrogen-bond donors (Lipinski definition) is 1. The molecule has 0 spiro atoms. The number of ether oxygens (including phenoxy) is 3. The first-order valence-corrected chi connectivity index (χ1v) is 10.1. The number of nitrogens with one attached hydrogen (secondary N) is 1. The summed E-state index contributed by atoms with van der Waals surface area (Å²) in [7, 11) is 0.550. The number of hydrogen-bond acceptors (Lipinski definition) is 5. The van der Waals surface area contributed by atoms with Crippen molar-refractivity contribution < 1.29 is 18.4 Å².